The van der Waals surface area contributed by atoms with Gasteiger partial charge in [-0.25, -0.2) is 0 Å². The van der Waals surface area contributed by atoms with E-state index in [0.29, 0.717) is 5.92 Å². The molecule has 0 aliphatic heterocycles. The number of aldehydes is 1. The van der Waals surface area contributed by atoms with Crippen molar-refractivity contribution in [2.45, 2.75) is 78.1 Å². The first-order valence-electron chi connectivity index (χ1n) is 6.78. The number of hydrogen-bond donors (Lipinski definition) is 0. The molecule has 0 rings (SSSR count). The van der Waals surface area contributed by atoms with E-state index in [0.717, 1.165) is 12.7 Å². The molecule has 1 heteroatoms. The second-order valence-corrected chi connectivity index (χ2v) is 4.61. The highest BCUT2D eigenvalue weighted by Gasteiger charge is 2.06. The molecule has 1 unspecified atom stereocenters. The maximum atomic E-state index is 10.5. The molecule has 0 saturated heterocycles. The summed E-state index contributed by atoms with van der Waals surface area (Å²) < 4.78 is 0. The molecule has 0 radical (unpaired) electrons. The molecule has 90 valence electrons. The molecular formula is C14H28O. The number of carbonyl (C=O) groups excluding carboxylic acids is 1. The van der Waals surface area contributed by atoms with Gasteiger partial charge in [0.15, 0.2) is 0 Å². The molecule has 0 amide bonds. The number of unbranched alkanes of at least 4 members (excludes halogenated alkanes) is 5. The van der Waals surface area contributed by atoms with Crippen molar-refractivity contribution in [2.75, 3.05) is 0 Å². The average molecular weight is 212 g/mol. The first kappa shape index (κ1) is 14.7. The summed E-state index contributed by atoms with van der Waals surface area (Å²) in [6.07, 6.45) is 13.7. The molecule has 0 aromatic rings. The van der Waals surface area contributed by atoms with Crippen LogP contribution >= 0.6 is 0 Å². The van der Waals surface area contributed by atoms with E-state index in [-0.39, 0.29) is 0 Å². The van der Waals surface area contributed by atoms with E-state index in [1.165, 1.54) is 57.8 Å². The van der Waals surface area contributed by atoms with Crippen LogP contribution in [-0.4, -0.2) is 6.29 Å². The summed E-state index contributed by atoms with van der Waals surface area (Å²) in [5.74, 6) is 0.665. The lowest BCUT2D eigenvalue weighted by atomic mass is 9.93. The van der Waals surface area contributed by atoms with Gasteiger partial charge >= 0.3 is 0 Å². The van der Waals surface area contributed by atoms with E-state index in [1.807, 2.05) is 0 Å². The minimum absolute atomic E-state index is 0.665. The van der Waals surface area contributed by atoms with Crippen LogP contribution in [0.1, 0.15) is 78.1 Å². The Kier molecular flexibility index (Phi) is 11.5. The third-order valence-corrected chi connectivity index (χ3v) is 3.09. The summed E-state index contributed by atoms with van der Waals surface area (Å²) in [5.41, 5.74) is 0. The van der Waals surface area contributed by atoms with Crippen LogP contribution in [-0.2, 0) is 4.79 Å². The van der Waals surface area contributed by atoms with Crippen LogP contribution in [0, 0.1) is 5.92 Å². The molecule has 0 aromatic carbocycles. The van der Waals surface area contributed by atoms with Crippen molar-refractivity contribution in [3.63, 3.8) is 0 Å². The third-order valence-electron chi connectivity index (χ3n) is 3.09. The quantitative estimate of drug-likeness (QED) is 0.357. The van der Waals surface area contributed by atoms with E-state index in [2.05, 4.69) is 13.8 Å². The van der Waals surface area contributed by atoms with Crippen LogP contribution in [0.5, 0.6) is 0 Å². The highest BCUT2D eigenvalue weighted by molar-refractivity contribution is 5.49. The van der Waals surface area contributed by atoms with Crippen molar-refractivity contribution < 1.29 is 4.79 Å². The Morgan fingerprint density at radius 2 is 1.53 bits per heavy atom. The third kappa shape index (κ3) is 9.96. The normalized spacial score (nSPS) is 12.7. The van der Waals surface area contributed by atoms with Gasteiger partial charge in [0.1, 0.15) is 6.29 Å². The van der Waals surface area contributed by atoms with Gasteiger partial charge in [0, 0.05) is 6.42 Å². The average Bonchev–Trinajstić information content (AvgIpc) is 2.24. The molecule has 0 heterocycles. The maximum absolute atomic E-state index is 10.5. The Balaban J connectivity index is 3.32. The molecule has 15 heavy (non-hydrogen) atoms. The van der Waals surface area contributed by atoms with Gasteiger partial charge in [-0.15, -0.1) is 0 Å². The van der Waals surface area contributed by atoms with Crippen LogP contribution in [0.4, 0.5) is 0 Å². The molecule has 0 bridgehead atoms. The smallest absolute Gasteiger partial charge is 0.120 e. The summed E-state index contributed by atoms with van der Waals surface area (Å²) in [5, 5.41) is 0. The second kappa shape index (κ2) is 11.7. The summed E-state index contributed by atoms with van der Waals surface area (Å²) in [6.45, 7) is 4.46. The van der Waals surface area contributed by atoms with Crippen molar-refractivity contribution in [3.05, 3.63) is 0 Å². The number of rotatable bonds is 11. The lowest BCUT2D eigenvalue weighted by Gasteiger charge is -2.12. The van der Waals surface area contributed by atoms with E-state index in [9.17, 15) is 4.79 Å². The molecule has 0 aliphatic rings. The predicted octanol–water partition coefficient (Wildman–Crippen LogP) is 4.74. The second-order valence-electron chi connectivity index (χ2n) is 4.61. The monoisotopic (exact) mass is 212 g/mol. The zero-order valence-electron chi connectivity index (χ0n) is 10.6. The van der Waals surface area contributed by atoms with Crippen molar-refractivity contribution >= 4 is 6.29 Å². The van der Waals surface area contributed by atoms with Gasteiger partial charge in [0.2, 0.25) is 0 Å². The fourth-order valence-electron chi connectivity index (χ4n) is 2.14. The lowest BCUT2D eigenvalue weighted by molar-refractivity contribution is -0.108. The first-order chi connectivity index (χ1) is 7.35. The minimum atomic E-state index is 0.665. The Bertz CT molecular complexity index is 131. The van der Waals surface area contributed by atoms with Gasteiger partial charge in [-0.1, -0.05) is 71.6 Å². The summed E-state index contributed by atoms with van der Waals surface area (Å²) in [6, 6.07) is 0. The zero-order valence-corrected chi connectivity index (χ0v) is 10.6. The van der Waals surface area contributed by atoms with E-state index >= 15 is 0 Å². The van der Waals surface area contributed by atoms with Crippen molar-refractivity contribution in [2.24, 2.45) is 5.92 Å². The van der Waals surface area contributed by atoms with Gasteiger partial charge in [-0.3, -0.25) is 0 Å². The SMILES string of the molecule is CCCCCCCCC(CC=O)CCC. The molecular weight excluding hydrogens is 184 g/mol. The standard InChI is InChI=1S/C14H28O/c1-3-5-6-7-8-9-11-14(10-4-2)12-13-15/h13-14H,3-12H2,1-2H3. The Labute approximate surface area is 95.6 Å². The van der Waals surface area contributed by atoms with Crippen LogP contribution in [0.3, 0.4) is 0 Å². The van der Waals surface area contributed by atoms with Crippen molar-refractivity contribution in [3.8, 4) is 0 Å². The molecule has 0 N–H and O–H groups in total. The largest absolute Gasteiger partial charge is 0.303 e. The zero-order chi connectivity index (χ0) is 11.4. The highest BCUT2D eigenvalue weighted by atomic mass is 16.1. The summed E-state index contributed by atoms with van der Waals surface area (Å²) in [7, 11) is 0. The number of carbonyl (C=O) groups is 1. The Morgan fingerprint density at radius 3 is 2.13 bits per heavy atom. The minimum Gasteiger partial charge on any atom is -0.303 e. The van der Waals surface area contributed by atoms with Crippen molar-refractivity contribution in [1.82, 2.24) is 0 Å². The molecule has 0 aromatic heterocycles. The fraction of sp³-hybridized carbons (Fsp3) is 0.929. The topological polar surface area (TPSA) is 17.1 Å². The van der Waals surface area contributed by atoms with Gasteiger partial charge < -0.3 is 4.79 Å². The van der Waals surface area contributed by atoms with E-state index in [1.54, 1.807) is 0 Å². The summed E-state index contributed by atoms with van der Waals surface area (Å²) in [4.78, 5) is 10.5. The molecule has 0 aliphatic carbocycles. The van der Waals surface area contributed by atoms with Gasteiger partial charge in [-0.05, 0) is 5.92 Å². The van der Waals surface area contributed by atoms with E-state index in [4.69, 9.17) is 0 Å². The molecule has 0 spiro atoms. The van der Waals surface area contributed by atoms with Crippen molar-refractivity contribution in [1.29, 1.82) is 0 Å². The first-order valence-corrected chi connectivity index (χ1v) is 6.78. The molecule has 1 atom stereocenters. The van der Waals surface area contributed by atoms with Gasteiger partial charge in [0.05, 0.1) is 0 Å². The highest BCUT2D eigenvalue weighted by Crippen LogP contribution is 2.18. The predicted molar refractivity (Wildman–Crippen MR) is 67.1 cm³/mol. The molecule has 0 fully saturated rings. The number of hydrogen-bond acceptors (Lipinski definition) is 1. The summed E-state index contributed by atoms with van der Waals surface area (Å²) >= 11 is 0. The Morgan fingerprint density at radius 1 is 0.867 bits per heavy atom. The van der Waals surface area contributed by atoms with Crippen LogP contribution in [0.2, 0.25) is 0 Å². The van der Waals surface area contributed by atoms with E-state index < -0.39 is 0 Å². The molecule has 1 nitrogen and oxygen atoms in total. The van der Waals surface area contributed by atoms with Crippen LogP contribution in [0.15, 0.2) is 0 Å². The Hall–Kier alpha value is -0.330. The van der Waals surface area contributed by atoms with Gasteiger partial charge in [-0.2, -0.15) is 0 Å². The molecule has 0 saturated carbocycles. The van der Waals surface area contributed by atoms with Crippen LogP contribution in [0.25, 0.3) is 0 Å². The lowest BCUT2D eigenvalue weighted by Crippen LogP contribution is -2.00. The maximum Gasteiger partial charge on any atom is 0.120 e. The fourth-order valence-corrected chi connectivity index (χ4v) is 2.14. The van der Waals surface area contributed by atoms with Crippen LogP contribution < -0.4 is 0 Å². The van der Waals surface area contributed by atoms with Gasteiger partial charge in [0.25, 0.3) is 0 Å².